The van der Waals surface area contributed by atoms with Crippen LogP contribution in [0.4, 0.5) is 5.69 Å². The van der Waals surface area contributed by atoms with E-state index >= 15 is 0 Å². The minimum atomic E-state index is 0.0976. The Morgan fingerprint density at radius 3 is 2.50 bits per heavy atom. The van der Waals surface area contributed by atoms with Gasteiger partial charge in [0.1, 0.15) is 0 Å². The van der Waals surface area contributed by atoms with Crippen LogP contribution in [0.15, 0.2) is 53.0 Å². The molecule has 0 aliphatic heterocycles. The van der Waals surface area contributed by atoms with Gasteiger partial charge < -0.3 is 10.6 Å². The van der Waals surface area contributed by atoms with Crippen molar-refractivity contribution in [2.75, 3.05) is 18.5 Å². The average Bonchev–Trinajstić information content (AvgIpc) is 2.48. The minimum absolute atomic E-state index is 0.0976. The molecule has 1 unspecified atom stereocenters. The second kappa shape index (κ2) is 6.56. The van der Waals surface area contributed by atoms with Crippen molar-refractivity contribution in [3.05, 3.63) is 64.1 Å². The predicted molar refractivity (Wildman–Crippen MR) is 85.5 cm³/mol. The van der Waals surface area contributed by atoms with Gasteiger partial charge in [0.05, 0.1) is 17.7 Å². The SMILES string of the molecule is CN(c1ccc(C#N)cc1)C(CN)c1cccc(Br)c1. The van der Waals surface area contributed by atoms with Gasteiger partial charge in [0.15, 0.2) is 0 Å². The normalized spacial score (nSPS) is 11.7. The van der Waals surface area contributed by atoms with Gasteiger partial charge in [-0.05, 0) is 42.0 Å². The zero-order chi connectivity index (χ0) is 14.5. The van der Waals surface area contributed by atoms with Gasteiger partial charge in [-0.15, -0.1) is 0 Å². The van der Waals surface area contributed by atoms with Crippen molar-refractivity contribution in [1.29, 1.82) is 5.26 Å². The molecular weight excluding hydrogens is 314 g/mol. The quantitative estimate of drug-likeness (QED) is 0.934. The minimum Gasteiger partial charge on any atom is -0.366 e. The van der Waals surface area contributed by atoms with Crippen LogP contribution in [0.1, 0.15) is 17.2 Å². The molecule has 0 aromatic heterocycles. The molecule has 0 saturated heterocycles. The van der Waals surface area contributed by atoms with Gasteiger partial charge in [0, 0.05) is 23.8 Å². The molecule has 2 aromatic carbocycles. The first-order chi connectivity index (χ1) is 9.65. The fourth-order valence-electron chi connectivity index (χ4n) is 2.18. The zero-order valence-corrected chi connectivity index (χ0v) is 12.8. The smallest absolute Gasteiger partial charge is 0.0991 e. The van der Waals surface area contributed by atoms with E-state index in [0.717, 1.165) is 15.7 Å². The summed E-state index contributed by atoms with van der Waals surface area (Å²) in [7, 11) is 2.01. The highest BCUT2D eigenvalue weighted by Gasteiger charge is 2.16. The molecule has 0 fully saturated rings. The van der Waals surface area contributed by atoms with E-state index in [1.165, 1.54) is 0 Å². The molecule has 2 N–H and O–H groups in total. The summed E-state index contributed by atoms with van der Waals surface area (Å²) in [6, 6.07) is 17.9. The fourth-order valence-corrected chi connectivity index (χ4v) is 2.60. The van der Waals surface area contributed by atoms with Crippen LogP contribution < -0.4 is 10.6 Å². The van der Waals surface area contributed by atoms with E-state index < -0.39 is 0 Å². The lowest BCUT2D eigenvalue weighted by atomic mass is 10.0. The number of nitriles is 1. The molecule has 0 aliphatic rings. The molecule has 0 bridgehead atoms. The van der Waals surface area contributed by atoms with Crippen LogP contribution in [0.2, 0.25) is 0 Å². The van der Waals surface area contributed by atoms with Crippen LogP contribution in [-0.2, 0) is 0 Å². The van der Waals surface area contributed by atoms with E-state index in [-0.39, 0.29) is 6.04 Å². The summed E-state index contributed by atoms with van der Waals surface area (Å²) in [6.07, 6.45) is 0. The molecule has 0 radical (unpaired) electrons. The average molecular weight is 330 g/mol. The van der Waals surface area contributed by atoms with Gasteiger partial charge in [-0.25, -0.2) is 0 Å². The van der Waals surface area contributed by atoms with Crippen LogP contribution in [0.25, 0.3) is 0 Å². The van der Waals surface area contributed by atoms with Gasteiger partial charge in [0.25, 0.3) is 0 Å². The molecule has 0 saturated carbocycles. The van der Waals surface area contributed by atoms with Crippen LogP contribution in [-0.4, -0.2) is 13.6 Å². The Labute approximate surface area is 127 Å². The molecule has 2 aromatic rings. The van der Waals surface area contributed by atoms with Crippen LogP contribution >= 0.6 is 15.9 Å². The zero-order valence-electron chi connectivity index (χ0n) is 11.3. The maximum absolute atomic E-state index is 8.84. The first-order valence-electron chi connectivity index (χ1n) is 6.34. The summed E-state index contributed by atoms with van der Waals surface area (Å²) < 4.78 is 1.04. The number of benzene rings is 2. The lowest BCUT2D eigenvalue weighted by Crippen LogP contribution is -2.30. The number of nitrogens with zero attached hydrogens (tertiary/aromatic N) is 2. The highest BCUT2D eigenvalue weighted by atomic mass is 79.9. The van der Waals surface area contributed by atoms with Crippen LogP contribution in [0.5, 0.6) is 0 Å². The topological polar surface area (TPSA) is 53.0 Å². The number of halogens is 1. The van der Waals surface area contributed by atoms with Crippen molar-refractivity contribution < 1.29 is 0 Å². The van der Waals surface area contributed by atoms with Crippen molar-refractivity contribution in [2.45, 2.75) is 6.04 Å². The Balaban J connectivity index is 2.28. The third-order valence-electron chi connectivity index (χ3n) is 3.33. The number of hydrogen-bond donors (Lipinski definition) is 1. The van der Waals surface area contributed by atoms with Crippen LogP contribution in [0.3, 0.4) is 0 Å². The number of rotatable bonds is 4. The highest BCUT2D eigenvalue weighted by Crippen LogP contribution is 2.26. The maximum atomic E-state index is 8.84. The molecule has 2 rings (SSSR count). The van der Waals surface area contributed by atoms with Gasteiger partial charge in [0.2, 0.25) is 0 Å². The summed E-state index contributed by atoms with van der Waals surface area (Å²) in [6.45, 7) is 0.521. The number of likely N-dealkylation sites (N-methyl/N-ethyl adjacent to an activating group) is 1. The molecule has 0 aliphatic carbocycles. The van der Waals surface area contributed by atoms with Crippen molar-refractivity contribution in [2.24, 2.45) is 5.73 Å². The summed E-state index contributed by atoms with van der Waals surface area (Å²) in [5, 5.41) is 8.84. The standard InChI is InChI=1S/C16H16BrN3/c1-20(15-7-5-12(10-18)6-8-15)16(11-19)13-3-2-4-14(17)9-13/h2-9,16H,11,19H2,1H3. The highest BCUT2D eigenvalue weighted by molar-refractivity contribution is 9.10. The number of hydrogen-bond acceptors (Lipinski definition) is 3. The molecule has 1 atom stereocenters. The maximum Gasteiger partial charge on any atom is 0.0991 e. The Bertz CT molecular complexity index is 616. The van der Waals surface area contributed by atoms with E-state index in [2.05, 4.69) is 39.0 Å². The second-order valence-corrected chi connectivity index (χ2v) is 5.49. The Morgan fingerprint density at radius 2 is 1.95 bits per heavy atom. The molecule has 4 heteroatoms. The molecule has 3 nitrogen and oxygen atoms in total. The first-order valence-corrected chi connectivity index (χ1v) is 7.13. The largest absolute Gasteiger partial charge is 0.366 e. The van der Waals surface area contributed by atoms with Crippen molar-refractivity contribution in [3.8, 4) is 6.07 Å². The summed E-state index contributed by atoms with van der Waals surface area (Å²) >= 11 is 3.49. The van der Waals surface area contributed by atoms with Crippen molar-refractivity contribution >= 4 is 21.6 Å². The van der Waals surface area contributed by atoms with E-state index in [1.54, 1.807) is 0 Å². The summed E-state index contributed by atoms with van der Waals surface area (Å²) in [5.41, 5.74) is 8.80. The van der Waals surface area contributed by atoms with E-state index in [1.807, 2.05) is 43.4 Å². The van der Waals surface area contributed by atoms with Crippen LogP contribution in [0, 0.1) is 11.3 Å². The van der Waals surface area contributed by atoms with E-state index in [0.29, 0.717) is 12.1 Å². The predicted octanol–water partition coefficient (Wildman–Crippen LogP) is 3.46. The Hall–Kier alpha value is -1.83. The molecule has 102 valence electrons. The molecule has 0 heterocycles. The Morgan fingerprint density at radius 1 is 1.25 bits per heavy atom. The lowest BCUT2D eigenvalue weighted by molar-refractivity contribution is 0.680. The Kier molecular flexibility index (Phi) is 4.78. The lowest BCUT2D eigenvalue weighted by Gasteiger charge is -2.29. The van der Waals surface area contributed by atoms with Gasteiger partial charge in [-0.2, -0.15) is 5.26 Å². The number of anilines is 1. The monoisotopic (exact) mass is 329 g/mol. The molecule has 0 spiro atoms. The summed E-state index contributed by atoms with van der Waals surface area (Å²) in [4.78, 5) is 2.13. The van der Waals surface area contributed by atoms with Crippen molar-refractivity contribution in [1.82, 2.24) is 0 Å². The second-order valence-electron chi connectivity index (χ2n) is 4.58. The first kappa shape index (κ1) is 14.6. The fraction of sp³-hybridized carbons (Fsp3) is 0.188. The van der Waals surface area contributed by atoms with Gasteiger partial charge >= 0.3 is 0 Å². The molecular formula is C16H16BrN3. The van der Waals surface area contributed by atoms with Gasteiger partial charge in [-0.1, -0.05) is 28.1 Å². The van der Waals surface area contributed by atoms with E-state index in [4.69, 9.17) is 11.0 Å². The number of nitrogens with two attached hydrogens (primary N) is 1. The third-order valence-corrected chi connectivity index (χ3v) is 3.82. The van der Waals surface area contributed by atoms with Gasteiger partial charge in [-0.3, -0.25) is 0 Å². The third kappa shape index (κ3) is 3.19. The molecule has 20 heavy (non-hydrogen) atoms. The van der Waals surface area contributed by atoms with Crippen molar-refractivity contribution in [3.63, 3.8) is 0 Å². The van der Waals surface area contributed by atoms with E-state index in [9.17, 15) is 0 Å². The summed E-state index contributed by atoms with van der Waals surface area (Å²) in [5.74, 6) is 0. The molecule has 0 amide bonds.